The number of piperazine rings is 1. The summed E-state index contributed by atoms with van der Waals surface area (Å²) >= 11 is 0. The summed E-state index contributed by atoms with van der Waals surface area (Å²) in [6, 6.07) is 7.29. The van der Waals surface area contributed by atoms with Gasteiger partial charge < -0.3 is 10.1 Å². The first kappa shape index (κ1) is 15.1. The van der Waals surface area contributed by atoms with Gasteiger partial charge >= 0.3 is 6.18 Å². The van der Waals surface area contributed by atoms with E-state index in [1.807, 2.05) is 12.1 Å². The Morgan fingerprint density at radius 2 is 2.00 bits per heavy atom. The molecule has 0 amide bonds. The lowest BCUT2D eigenvalue weighted by Gasteiger charge is -2.33. The second kappa shape index (κ2) is 6.45. The molecule has 0 saturated carbocycles. The summed E-state index contributed by atoms with van der Waals surface area (Å²) in [6.45, 7) is 4.63. The maximum Gasteiger partial charge on any atom is 0.422 e. The minimum atomic E-state index is -4.30. The fourth-order valence-corrected chi connectivity index (χ4v) is 2.21. The average Bonchev–Trinajstić information content (AvgIpc) is 2.40. The Balaban J connectivity index is 1.88. The molecule has 20 heavy (non-hydrogen) atoms. The van der Waals surface area contributed by atoms with Gasteiger partial charge in [-0.1, -0.05) is 12.1 Å². The zero-order valence-corrected chi connectivity index (χ0v) is 11.4. The highest BCUT2D eigenvalue weighted by atomic mass is 19.4. The molecule has 1 aromatic carbocycles. The Labute approximate surface area is 116 Å². The van der Waals surface area contributed by atoms with Crippen molar-refractivity contribution in [3.8, 4) is 5.75 Å². The van der Waals surface area contributed by atoms with Gasteiger partial charge in [-0.3, -0.25) is 4.90 Å². The quantitative estimate of drug-likeness (QED) is 0.921. The first-order chi connectivity index (χ1) is 9.44. The van der Waals surface area contributed by atoms with E-state index < -0.39 is 12.8 Å². The van der Waals surface area contributed by atoms with E-state index in [4.69, 9.17) is 0 Å². The highest BCUT2D eigenvalue weighted by molar-refractivity contribution is 5.27. The zero-order chi connectivity index (χ0) is 14.6. The predicted molar refractivity (Wildman–Crippen MR) is 70.7 cm³/mol. The molecule has 0 radical (unpaired) electrons. The van der Waals surface area contributed by atoms with Crippen LogP contribution in [0.2, 0.25) is 0 Å². The highest BCUT2D eigenvalue weighted by Crippen LogP contribution is 2.19. The molecule has 0 bridgehead atoms. The fourth-order valence-electron chi connectivity index (χ4n) is 2.21. The number of alkyl halides is 3. The zero-order valence-electron chi connectivity index (χ0n) is 11.4. The third-order valence-electron chi connectivity index (χ3n) is 3.35. The first-order valence-corrected chi connectivity index (χ1v) is 6.67. The van der Waals surface area contributed by atoms with E-state index >= 15 is 0 Å². The monoisotopic (exact) mass is 288 g/mol. The lowest BCUT2D eigenvalue weighted by molar-refractivity contribution is -0.153. The van der Waals surface area contributed by atoms with Gasteiger partial charge in [-0.25, -0.2) is 0 Å². The summed E-state index contributed by atoms with van der Waals surface area (Å²) in [7, 11) is 0. The topological polar surface area (TPSA) is 24.5 Å². The third kappa shape index (κ3) is 4.68. The van der Waals surface area contributed by atoms with Crippen LogP contribution in [0.4, 0.5) is 13.2 Å². The molecule has 0 spiro atoms. The number of halogens is 3. The molecule has 1 fully saturated rings. The maximum atomic E-state index is 12.0. The molecular weight excluding hydrogens is 269 g/mol. The highest BCUT2D eigenvalue weighted by Gasteiger charge is 2.28. The Morgan fingerprint density at radius 3 is 2.60 bits per heavy atom. The van der Waals surface area contributed by atoms with E-state index in [0.29, 0.717) is 6.04 Å². The number of hydrogen-bond donors (Lipinski definition) is 1. The Bertz CT molecular complexity index is 419. The van der Waals surface area contributed by atoms with Gasteiger partial charge in [0.25, 0.3) is 0 Å². The molecule has 6 heteroatoms. The predicted octanol–water partition coefficient (Wildman–Crippen LogP) is 2.42. The third-order valence-corrected chi connectivity index (χ3v) is 3.35. The lowest BCUT2D eigenvalue weighted by Crippen LogP contribution is -2.49. The van der Waals surface area contributed by atoms with Gasteiger partial charge in [-0.05, 0) is 24.6 Å². The number of nitrogens with one attached hydrogen (secondary N) is 1. The van der Waals surface area contributed by atoms with E-state index in [0.717, 1.165) is 31.7 Å². The molecule has 1 aromatic rings. The summed E-state index contributed by atoms with van der Waals surface area (Å²) in [5.74, 6) is 0.249. The number of ether oxygens (including phenoxy) is 1. The van der Waals surface area contributed by atoms with Crippen LogP contribution in [0.3, 0.4) is 0 Å². The molecule has 1 N–H and O–H groups in total. The fraction of sp³-hybridized carbons (Fsp3) is 0.571. The van der Waals surface area contributed by atoms with Crippen molar-refractivity contribution in [1.29, 1.82) is 0 Å². The number of nitrogens with zero attached hydrogens (tertiary/aromatic N) is 1. The minimum absolute atomic E-state index is 0.249. The standard InChI is InChI=1S/C14H19F3N2O/c1-11-8-18-6-7-19(11)9-12-2-4-13(5-3-12)20-10-14(15,16)17/h2-5,11,18H,6-10H2,1H3/t11-/m1/s1. The van der Waals surface area contributed by atoms with Gasteiger partial charge in [0.2, 0.25) is 0 Å². The first-order valence-electron chi connectivity index (χ1n) is 6.67. The Kier molecular flexibility index (Phi) is 4.88. The van der Waals surface area contributed by atoms with E-state index in [9.17, 15) is 13.2 Å². The van der Waals surface area contributed by atoms with Crippen LogP contribution >= 0.6 is 0 Å². The molecule has 1 aliphatic rings. The molecule has 3 nitrogen and oxygen atoms in total. The number of rotatable bonds is 4. The van der Waals surface area contributed by atoms with Gasteiger partial charge in [0.05, 0.1) is 0 Å². The van der Waals surface area contributed by atoms with Crippen molar-refractivity contribution in [1.82, 2.24) is 10.2 Å². The lowest BCUT2D eigenvalue weighted by atomic mass is 10.1. The number of benzene rings is 1. The van der Waals surface area contributed by atoms with E-state index in [-0.39, 0.29) is 5.75 Å². The molecule has 1 saturated heterocycles. The van der Waals surface area contributed by atoms with Crippen molar-refractivity contribution in [2.75, 3.05) is 26.2 Å². The van der Waals surface area contributed by atoms with E-state index in [1.165, 1.54) is 0 Å². The van der Waals surface area contributed by atoms with Crippen LogP contribution in [0.1, 0.15) is 12.5 Å². The molecule has 1 atom stereocenters. The van der Waals surface area contributed by atoms with Gasteiger partial charge in [-0.15, -0.1) is 0 Å². The van der Waals surface area contributed by atoms with Crippen molar-refractivity contribution in [3.05, 3.63) is 29.8 Å². The van der Waals surface area contributed by atoms with E-state index in [1.54, 1.807) is 12.1 Å². The van der Waals surface area contributed by atoms with Gasteiger partial charge in [0.15, 0.2) is 6.61 Å². The van der Waals surface area contributed by atoms with E-state index in [2.05, 4.69) is 21.9 Å². The molecule has 0 unspecified atom stereocenters. The van der Waals surface area contributed by atoms with Crippen molar-refractivity contribution in [3.63, 3.8) is 0 Å². The van der Waals surface area contributed by atoms with Gasteiger partial charge in [0.1, 0.15) is 5.75 Å². The molecule has 1 heterocycles. The summed E-state index contributed by atoms with van der Waals surface area (Å²) < 4.78 is 40.8. The second-order valence-corrected chi connectivity index (χ2v) is 5.07. The molecule has 1 aliphatic heterocycles. The SMILES string of the molecule is C[C@@H]1CNCCN1Cc1ccc(OCC(F)(F)F)cc1. The van der Waals surface area contributed by atoms with Crippen LogP contribution in [-0.4, -0.2) is 43.4 Å². The molecule has 0 aliphatic carbocycles. The second-order valence-electron chi connectivity index (χ2n) is 5.07. The summed E-state index contributed by atoms with van der Waals surface area (Å²) in [4.78, 5) is 2.35. The summed E-state index contributed by atoms with van der Waals surface area (Å²) in [5, 5.41) is 3.32. The van der Waals surface area contributed by atoms with Gasteiger partial charge in [-0.2, -0.15) is 13.2 Å². The molecular formula is C14H19F3N2O. The minimum Gasteiger partial charge on any atom is -0.484 e. The smallest absolute Gasteiger partial charge is 0.422 e. The van der Waals surface area contributed by atoms with Crippen LogP contribution < -0.4 is 10.1 Å². The average molecular weight is 288 g/mol. The van der Waals surface area contributed by atoms with Crippen LogP contribution in [0.25, 0.3) is 0 Å². The molecule has 0 aromatic heterocycles. The molecule has 112 valence electrons. The van der Waals surface area contributed by atoms with Crippen LogP contribution in [0.15, 0.2) is 24.3 Å². The van der Waals surface area contributed by atoms with Crippen LogP contribution in [0, 0.1) is 0 Å². The Morgan fingerprint density at radius 1 is 1.30 bits per heavy atom. The normalized spacial score (nSPS) is 20.9. The van der Waals surface area contributed by atoms with Crippen LogP contribution in [0.5, 0.6) is 5.75 Å². The largest absolute Gasteiger partial charge is 0.484 e. The molecule has 2 rings (SSSR count). The van der Waals surface area contributed by atoms with Crippen LogP contribution in [-0.2, 0) is 6.54 Å². The van der Waals surface area contributed by atoms with Crippen molar-refractivity contribution in [2.45, 2.75) is 25.7 Å². The van der Waals surface area contributed by atoms with Crippen molar-refractivity contribution < 1.29 is 17.9 Å². The number of hydrogen-bond acceptors (Lipinski definition) is 3. The summed E-state index contributed by atoms with van der Waals surface area (Å²) in [5.41, 5.74) is 1.08. The summed E-state index contributed by atoms with van der Waals surface area (Å²) in [6.07, 6.45) is -4.30. The van der Waals surface area contributed by atoms with Gasteiger partial charge in [0, 0.05) is 32.2 Å². The van der Waals surface area contributed by atoms with Crippen molar-refractivity contribution >= 4 is 0 Å². The maximum absolute atomic E-state index is 12.0. The Hall–Kier alpha value is -1.27. The van der Waals surface area contributed by atoms with Crippen molar-refractivity contribution in [2.24, 2.45) is 0 Å².